The highest BCUT2D eigenvalue weighted by Gasteiger charge is 2.33. The zero-order valence-electron chi connectivity index (χ0n) is 13.5. The van der Waals surface area contributed by atoms with Gasteiger partial charge in [-0.1, -0.05) is 0 Å². The average Bonchev–Trinajstić information content (AvgIpc) is 3.01. The Labute approximate surface area is 146 Å². The summed E-state index contributed by atoms with van der Waals surface area (Å²) in [7, 11) is 0. The highest BCUT2D eigenvalue weighted by molar-refractivity contribution is 5.90. The summed E-state index contributed by atoms with van der Waals surface area (Å²) in [5, 5.41) is 14.4. The summed E-state index contributed by atoms with van der Waals surface area (Å²) in [4.78, 5) is 22.2. The third-order valence-corrected chi connectivity index (χ3v) is 3.18. The third kappa shape index (κ3) is 6.11. The highest BCUT2D eigenvalue weighted by atomic mass is 19.4. The van der Waals surface area contributed by atoms with Gasteiger partial charge in [0, 0.05) is 18.3 Å². The van der Waals surface area contributed by atoms with Crippen LogP contribution in [0.5, 0.6) is 5.75 Å². The van der Waals surface area contributed by atoms with Crippen molar-refractivity contribution in [1.29, 1.82) is 0 Å². The number of hydrogen-bond donors (Lipinski definition) is 2. The number of aromatic nitrogens is 2. The van der Waals surface area contributed by atoms with Crippen LogP contribution in [-0.4, -0.2) is 33.4 Å². The van der Waals surface area contributed by atoms with Gasteiger partial charge in [-0.2, -0.15) is 18.3 Å². The van der Waals surface area contributed by atoms with E-state index in [1.807, 2.05) is 0 Å². The van der Waals surface area contributed by atoms with Crippen LogP contribution in [0.25, 0.3) is 0 Å². The van der Waals surface area contributed by atoms with Gasteiger partial charge in [0.1, 0.15) is 12.3 Å². The molecular formula is C16H16F3N3O4. The normalized spacial score (nSPS) is 11.2. The van der Waals surface area contributed by atoms with E-state index in [-0.39, 0.29) is 19.6 Å². The number of nitrogens with one attached hydrogen (secondary N) is 1. The number of carboxylic acid groups (broad SMARTS) is 1. The molecule has 0 radical (unpaired) electrons. The Morgan fingerprint density at radius 3 is 2.46 bits per heavy atom. The maximum Gasteiger partial charge on any atom is 0.435 e. The van der Waals surface area contributed by atoms with Crippen LogP contribution in [0.3, 0.4) is 0 Å². The largest absolute Gasteiger partial charge is 0.494 e. The highest BCUT2D eigenvalue weighted by Crippen LogP contribution is 2.27. The molecule has 2 aromatic rings. The number of hydrogen-bond acceptors (Lipinski definition) is 4. The number of rotatable bonds is 8. The number of carbonyl (C=O) groups excluding carboxylic acids is 1. The Balaban J connectivity index is 1.81. The first-order chi connectivity index (χ1) is 12.2. The summed E-state index contributed by atoms with van der Waals surface area (Å²) in [6, 6.07) is 7.10. The van der Waals surface area contributed by atoms with Crippen LogP contribution in [0.15, 0.2) is 36.5 Å². The molecule has 0 saturated carbocycles. The fourth-order valence-electron chi connectivity index (χ4n) is 2.00. The maximum atomic E-state index is 12.5. The van der Waals surface area contributed by atoms with Gasteiger partial charge < -0.3 is 15.2 Å². The molecule has 140 valence electrons. The van der Waals surface area contributed by atoms with Gasteiger partial charge in [-0.15, -0.1) is 0 Å². The number of carbonyl (C=O) groups is 2. The Morgan fingerprint density at radius 1 is 1.19 bits per heavy atom. The summed E-state index contributed by atoms with van der Waals surface area (Å²) in [5.41, 5.74) is -0.620. The van der Waals surface area contributed by atoms with Gasteiger partial charge in [0.25, 0.3) is 0 Å². The number of amides is 1. The maximum absolute atomic E-state index is 12.5. The molecule has 1 heterocycles. The molecule has 2 rings (SSSR count). The van der Waals surface area contributed by atoms with Gasteiger partial charge in [-0.3, -0.25) is 14.3 Å². The van der Waals surface area contributed by atoms with Crippen molar-refractivity contribution in [2.75, 3.05) is 11.9 Å². The van der Waals surface area contributed by atoms with E-state index in [0.29, 0.717) is 17.9 Å². The third-order valence-electron chi connectivity index (χ3n) is 3.18. The van der Waals surface area contributed by atoms with Crippen molar-refractivity contribution in [2.45, 2.75) is 25.6 Å². The second kappa shape index (κ2) is 8.37. The Bertz CT molecular complexity index is 757. The van der Waals surface area contributed by atoms with Crippen LogP contribution >= 0.6 is 0 Å². The lowest BCUT2D eigenvalue weighted by Gasteiger charge is -2.08. The summed E-state index contributed by atoms with van der Waals surface area (Å²) in [5.74, 6) is -0.918. The Morgan fingerprint density at radius 2 is 1.88 bits per heavy atom. The molecule has 0 saturated heterocycles. The summed E-state index contributed by atoms with van der Waals surface area (Å²) >= 11 is 0. The fourth-order valence-corrected chi connectivity index (χ4v) is 2.00. The van der Waals surface area contributed by atoms with E-state index in [2.05, 4.69) is 10.4 Å². The van der Waals surface area contributed by atoms with Gasteiger partial charge in [0.05, 0.1) is 6.61 Å². The summed E-state index contributed by atoms with van der Waals surface area (Å²) in [6.07, 6.45) is -3.09. The number of ether oxygens (including phenoxy) is 1. The van der Waals surface area contributed by atoms with E-state index in [9.17, 15) is 22.8 Å². The van der Waals surface area contributed by atoms with Gasteiger partial charge in [-0.05, 0) is 36.8 Å². The molecule has 0 atom stereocenters. The number of nitrogens with zero attached hydrogens (tertiary/aromatic N) is 2. The van der Waals surface area contributed by atoms with E-state index in [1.165, 1.54) is 0 Å². The molecule has 0 fully saturated rings. The minimum Gasteiger partial charge on any atom is -0.494 e. The minimum atomic E-state index is -4.55. The lowest BCUT2D eigenvalue weighted by Crippen LogP contribution is -2.19. The van der Waals surface area contributed by atoms with Crippen molar-refractivity contribution in [3.05, 3.63) is 42.2 Å². The van der Waals surface area contributed by atoms with Crippen LogP contribution in [0.1, 0.15) is 18.5 Å². The molecule has 0 aliphatic heterocycles. The van der Waals surface area contributed by atoms with Gasteiger partial charge in [-0.25, -0.2) is 0 Å². The monoisotopic (exact) mass is 371 g/mol. The van der Waals surface area contributed by atoms with Crippen molar-refractivity contribution in [3.63, 3.8) is 0 Å². The lowest BCUT2D eigenvalue weighted by molar-refractivity contribution is -0.141. The molecule has 1 aromatic carbocycles. The lowest BCUT2D eigenvalue weighted by atomic mass is 10.3. The van der Waals surface area contributed by atoms with Crippen molar-refractivity contribution >= 4 is 17.6 Å². The number of benzene rings is 1. The van der Waals surface area contributed by atoms with Gasteiger partial charge in [0.2, 0.25) is 5.91 Å². The van der Waals surface area contributed by atoms with Gasteiger partial charge >= 0.3 is 12.1 Å². The van der Waals surface area contributed by atoms with E-state index in [1.54, 1.807) is 24.3 Å². The van der Waals surface area contributed by atoms with E-state index in [4.69, 9.17) is 9.84 Å². The van der Waals surface area contributed by atoms with E-state index >= 15 is 0 Å². The predicted octanol–water partition coefficient (Wildman–Crippen LogP) is 2.78. The van der Waals surface area contributed by atoms with Gasteiger partial charge in [0.15, 0.2) is 5.69 Å². The molecule has 0 spiro atoms. The quantitative estimate of drug-likeness (QED) is 0.696. The Hall–Kier alpha value is -3.04. The second-order valence-electron chi connectivity index (χ2n) is 5.31. The molecule has 2 N–H and O–H groups in total. The summed E-state index contributed by atoms with van der Waals surface area (Å²) < 4.78 is 43.6. The SMILES string of the molecule is O=C(O)CCCOc1ccc(NC(=O)Cn2ccc(C(F)(F)F)n2)cc1. The van der Waals surface area contributed by atoms with Crippen molar-refractivity contribution in [2.24, 2.45) is 0 Å². The molecule has 0 unspecified atom stereocenters. The number of anilines is 1. The van der Waals surface area contributed by atoms with E-state index < -0.39 is 23.7 Å². The summed E-state index contributed by atoms with van der Waals surface area (Å²) in [6.45, 7) is -0.109. The first kappa shape index (κ1) is 19.3. The molecule has 1 amide bonds. The van der Waals surface area contributed by atoms with Crippen LogP contribution in [0.4, 0.5) is 18.9 Å². The zero-order chi connectivity index (χ0) is 19.2. The molecule has 0 aliphatic carbocycles. The van der Waals surface area contributed by atoms with Crippen LogP contribution in [-0.2, 0) is 22.3 Å². The topological polar surface area (TPSA) is 93.5 Å². The minimum absolute atomic E-state index is 0.0115. The molecule has 0 aliphatic rings. The zero-order valence-corrected chi connectivity index (χ0v) is 13.5. The predicted molar refractivity (Wildman–Crippen MR) is 84.7 cm³/mol. The first-order valence-electron chi connectivity index (χ1n) is 7.59. The number of alkyl halides is 3. The number of carboxylic acids is 1. The van der Waals surface area contributed by atoms with E-state index in [0.717, 1.165) is 16.9 Å². The molecule has 10 heteroatoms. The number of halogens is 3. The average molecular weight is 371 g/mol. The molecule has 0 bridgehead atoms. The molecule has 7 nitrogen and oxygen atoms in total. The number of aliphatic carboxylic acids is 1. The standard InChI is InChI=1S/C16H16F3N3O4/c17-16(18,19)13-7-8-22(21-13)10-14(23)20-11-3-5-12(6-4-11)26-9-1-2-15(24)25/h3-8H,1-2,9-10H2,(H,20,23)(H,24,25). The van der Waals surface area contributed by atoms with Crippen LogP contribution < -0.4 is 10.1 Å². The molecule has 26 heavy (non-hydrogen) atoms. The Kier molecular flexibility index (Phi) is 6.21. The smallest absolute Gasteiger partial charge is 0.435 e. The van der Waals surface area contributed by atoms with Crippen molar-refractivity contribution < 1.29 is 32.6 Å². The fraction of sp³-hybridized carbons (Fsp3) is 0.312. The van der Waals surface area contributed by atoms with Crippen LogP contribution in [0, 0.1) is 0 Å². The van der Waals surface area contributed by atoms with Crippen molar-refractivity contribution in [3.8, 4) is 5.75 Å². The second-order valence-corrected chi connectivity index (χ2v) is 5.31. The van der Waals surface area contributed by atoms with Crippen molar-refractivity contribution in [1.82, 2.24) is 9.78 Å². The molecular weight excluding hydrogens is 355 g/mol. The molecule has 1 aromatic heterocycles. The first-order valence-corrected chi connectivity index (χ1v) is 7.59. The van der Waals surface area contributed by atoms with Crippen LogP contribution in [0.2, 0.25) is 0 Å².